The molecule has 1 atom stereocenters. The van der Waals surface area contributed by atoms with Gasteiger partial charge in [-0.15, -0.1) is 6.42 Å². The molecular formula is C26H25N5O3. The highest BCUT2D eigenvalue weighted by Gasteiger charge is 2.39. The lowest BCUT2D eigenvalue weighted by Crippen LogP contribution is -2.52. The SMILES string of the molecule is C#Cc1cnn(Cc2ccc(C)cc2)c1.Nc1cccc2c1CN(C1CCC(=O)NC1=O)C2=O. The number of benzene rings is 2. The third kappa shape index (κ3) is 4.84. The van der Waals surface area contributed by atoms with Crippen molar-refractivity contribution in [2.24, 2.45) is 0 Å². The van der Waals surface area contributed by atoms with Gasteiger partial charge in [0.25, 0.3) is 5.91 Å². The zero-order chi connectivity index (χ0) is 24.2. The van der Waals surface area contributed by atoms with Gasteiger partial charge in [0.1, 0.15) is 6.04 Å². The first-order valence-corrected chi connectivity index (χ1v) is 10.9. The Hall–Kier alpha value is -4.38. The molecule has 34 heavy (non-hydrogen) atoms. The summed E-state index contributed by atoms with van der Waals surface area (Å²) in [5.74, 6) is 1.67. The molecule has 2 aliphatic heterocycles. The standard InChI is InChI=1S/C13H13N3O3.C13H12N2/c14-9-3-1-2-7-8(9)6-16(13(7)19)10-4-5-11(17)15-12(10)18;1-3-12-8-14-15(9-12)10-13-6-4-11(2)5-7-13/h1-3,10H,4-6,14H2,(H,15,17,18);1,4-9H,10H2,2H3. The van der Waals surface area contributed by atoms with Gasteiger partial charge in [-0.1, -0.05) is 41.8 Å². The van der Waals surface area contributed by atoms with E-state index in [1.807, 2.05) is 10.9 Å². The van der Waals surface area contributed by atoms with Crippen molar-refractivity contribution in [2.75, 3.05) is 5.73 Å². The molecule has 3 N–H and O–H groups in total. The second-order valence-electron chi connectivity index (χ2n) is 8.33. The third-order valence-electron chi connectivity index (χ3n) is 5.88. The van der Waals surface area contributed by atoms with E-state index >= 15 is 0 Å². The van der Waals surface area contributed by atoms with Gasteiger partial charge in [0, 0.05) is 36.0 Å². The van der Waals surface area contributed by atoms with Crippen LogP contribution >= 0.6 is 0 Å². The van der Waals surface area contributed by atoms with Crippen molar-refractivity contribution in [1.82, 2.24) is 20.0 Å². The molecule has 1 unspecified atom stereocenters. The van der Waals surface area contributed by atoms with E-state index in [-0.39, 0.29) is 18.2 Å². The smallest absolute Gasteiger partial charge is 0.255 e. The summed E-state index contributed by atoms with van der Waals surface area (Å²) in [6.07, 6.45) is 9.47. The van der Waals surface area contributed by atoms with E-state index in [0.29, 0.717) is 24.2 Å². The molecule has 0 radical (unpaired) electrons. The number of nitrogens with zero attached hydrogens (tertiary/aromatic N) is 3. The van der Waals surface area contributed by atoms with E-state index in [2.05, 4.69) is 47.5 Å². The molecule has 1 fully saturated rings. The average molecular weight is 456 g/mol. The number of carbonyl (C=O) groups is 3. The molecular weight excluding hydrogens is 430 g/mol. The van der Waals surface area contributed by atoms with Gasteiger partial charge in [-0.25, -0.2) is 0 Å². The number of aryl methyl sites for hydroxylation is 1. The number of nitrogen functional groups attached to an aromatic ring is 1. The number of terminal acetylenes is 1. The number of carbonyl (C=O) groups excluding carboxylic acids is 3. The van der Waals surface area contributed by atoms with Crippen LogP contribution < -0.4 is 11.1 Å². The predicted molar refractivity (Wildman–Crippen MR) is 127 cm³/mol. The largest absolute Gasteiger partial charge is 0.398 e. The van der Waals surface area contributed by atoms with Crippen LogP contribution in [0.25, 0.3) is 0 Å². The molecule has 5 rings (SSSR count). The Kier molecular flexibility index (Phi) is 6.46. The van der Waals surface area contributed by atoms with Crippen LogP contribution in [0.5, 0.6) is 0 Å². The van der Waals surface area contributed by atoms with Crippen molar-refractivity contribution in [3.63, 3.8) is 0 Å². The minimum atomic E-state index is -0.586. The average Bonchev–Trinajstić information content (AvgIpc) is 3.41. The van der Waals surface area contributed by atoms with Crippen molar-refractivity contribution in [1.29, 1.82) is 0 Å². The first-order chi connectivity index (χ1) is 16.4. The second-order valence-corrected chi connectivity index (χ2v) is 8.33. The summed E-state index contributed by atoms with van der Waals surface area (Å²) in [6, 6.07) is 13.0. The molecule has 1 aromatic heterocycles. The summed E-state index contributed by atoms with van der Waals surface area (Å²) >= 11 is 0. The summed E-state index contributed by atoms with van der Waals surface area (Å²) in [6.45, 7) is 3.17. The van der Waals surface area contributed by atoms with Crippen molar-refractivity contribution >= 4 is 23.4 Å². The molecule has 0 bridgehead atoms. The molecule has 3 aromatic rings. The number of anilines is 1. The molecule has 0 spiro atoms. The first kappa shape index (κ1) is 22.8. The number of nitrogens with two attached hydrogens (primary N) is 1. The molecule has 8 heteroatoms. The molecule has 0 saturated carbocycles. The molecule has 8 nitrogen and oxygen atoms in total. The van der Waals surface area contributed by atoms with Crippen LogP contribution in [-0.2, 0) is 22.7 Å². The Morgan fingerprint density at radius 3 is 2.59 bits per heavy atom. The quantitative estimate of drug-likeness (QED) is 0.358. The number of rotatable bonds is 3. The van der Waals surface area contributed by atoms with Gasteiger partial charge in [-0.05, 0) is 31.0 Å². The van der Waals surface area contributed by atoms with Crippen LogP contribution in [0.15, 0.2) is 54.9 Å². The Bertz CT molecular complexity index is 1290. The maximum absolute atomic E-state index is 12.3. The van der Waals surface area contributed by atoms with Gasteiger partial charge in [0.05, 0.1) is 18.3 Å². The van der Waals surface area contributed by atoms with Crippen molar-refractivity contribution in [3.8, 4) is 12.3 Å². The van der Waals surface area contributed by atoms with E-state index in [9.17, 15) is 14.4 Å². The zero-order valence-corrected chi connectivity index (χ0v) is 18.8. The number of fused-ring (bicyclic) bond motifs is 1. The van der Waals surface area contributed by atoms with Crippen molar-refractivity contribution < 1.29 is 14.4 Å². The predicted octanol–water partition coefficient (Wildman–Crippen LogP) is 2.25. The maximum Gasteiger partial charge on any atom is 0.255 e. The van der Waals surface area contributed by atoms with E-state index in [4.69, 9.17) is 12.2 Å². The van der Waals surface area contributed by atoms with Crippen LogP contribution in [0.1, 0.15) is 45.5 Å². The number of amides is 3. The maximum atomic E-state index is 12.3. The number of imide groups is 1. The monoisotopic (exact) mass is 455 g/mol. The van der Waals surface area contributed by atoms with Crippen LogP contribution in [0, 0.1) is 19.3 Å². The highest BCUT2D eigenvalue weighted by atomic mass is 16.2. The van der Waals surface area contributed by atoms with E-state index in [1.165, 1.54) is 16.0 Å². The lowest BCUT2D eigenvalue weighted by molar-refractivity contribution is -0.136. The third-order valence-corrected chi connectivity index (χ3v) is 5.88. The van der Waals surface area contributed by atoms with Crippen LogP contribution in [0.2, 0.25) is 0 Å². The molecule has 0 aliphatic carbocycles. The molecule has 1 saturated heterocycles. The Labute approximate surface area is 197 Å². The van der Waals surface area contributed by atoms with Gasteiger partial charge in [0.15, 0.2) is 0 Å². The fraction of sp³-hybridized carbons (Fsp3) is 0.231. The van der Waals surface area contributed by atoms with Crippen molar-refractivity contribution in [3.05, 3.63) is 82.7 Å². The highest BCUT2D eigenvalue weighted by Crippen LogP contribution is 2.30. The first-order valence-electron chi connectivity index (χ1n) is 10.9. The summed E-state index contributed by atoms with van der Waals surface area (Å²) in [7, 11) is 0. The Balaban J connectivity index is 0.000000166. The Morgan fingerprint density at radius 1 is 1.18 bits per heavy atom. The zero-order valence-electron chi connectivity index (χ0n) is 18.8. The summed E-state index contributed by atoms with van der Waals surface area (Å²) in [5.41, 5.74) is 11.0. The number of nitrogens with one attached hydrogen (secondary N) is 1. The molecule has 2 aliphatic rings. The number of piperidine rings is 1. The van der Waals surface area contributed by atoms with Gasteiger partial charge in [0.2, 0.25) is 11.8 Å². The number of hydrogen-bond donors (Lipinski definition) is 2. The normalized spacial score (nSPS) is 16.9. The molecule has 3 heterocycles. The van der Waals surface area contributed by atoms with Crippen LogP contribution in [0.3, 0.4) is 0 Å². The number of aromatic nitrogens is 2. The second kappa shape index (κ2) is 9.63. The minimum absolute atomic E-state index is 0.197. The van der Waals surface area contributed by atoms with Crippen LogP contribution in [0.4, 0.5) is 5.69 Å². The summed E-state index contributed by atoms with van der Waals surface area (Å²) < 4.78 is 1.85. The minimum Gasteiger partial charge on any atom is -0.398 e. The Morgan fingerprint density at radius 2 is 1.94 bits per heavy atom. The molecule has 2 aromatic carbocycles. The fourth-order valence-corrected chi connectivity index (χ4v) is 4.01. The fourth-order valence-electron chi connectivity index (χ4n) is 4.01. The van der Waals surface area contributed by atoms with Crippen molar-refractivity contribution in [2.45, 2.75) is 38.9 Å². The topological polar surface area (TPSA) is 110 Å². The van der Waals surface area contributed by atoms with E-state index in [1.54, 1.807) is 24.4 Å². The van der Waals surface area contributed by atoms with Gasteiger partial charge < -0.3 is 10.6 Å². The highest BCUT2D eigenvalue weighted by molar-refractivity contribution is 6.06. The lowest BCUT2D eigenvalue weighted by atomic mass is 10.0. The summed E-state index contributed by atoms with van der Waals surface area (Å²) in [5, 5.41) is 6.44. The molecule has 172 valence electrons. The van der Waals surface area contributed by atoms with E-state index in [0.717, 1.165) is 17.7 Å². The van der Waals surface area contributed by atoms with Crippen LogP contribution in [-0.4, -0.2) is 38.4 Å². The van der Waals surface area contributed by atoms with E-state index < -0.39 is 11.9 Å². The summed E-state index contributed by atoms with van der Waals surface area (Å²) in [4.78, 5) is 36.7. The van der Waals surface area contributed by atoms with Gasteiger partial charge in [-0.2, -0.15) is 5.10 Å². The molecule has 3 amide bonds. The number of hydrogen-bond acceptors (Lipinski definition) is 5. The van der Waals surface area contributed by atoms with Gasteiger partial charge >= 0.3 is 0 Å². The van der Waals surface area contributed by atoms with Gasteiger partial charge in [-0.3, -0.25) is 24.4 Å². The lowest BCUT2D eigenvalue weighted by Gasteiger charge is -2.29.